The maximum atomic E-state index is 12.7. The van der Waals surface area contributed by atoms with Crippen LogP contribution in [0.5, 0.6) is 0 Å². The molecule has 0 spiro atoms. The Balaban J connectivity index is 4.19. The molecule has 0 aliphatic carbocycles. The lowest BCUT2D eigenvalue weighted by atomic mass is 10.1. The number of rotatable bonds is 40. The number of hydrogen-bond donors (Lipinski definition) is 0. The monoisotopic (exact) mass is 826 g/mol. The van der Waals surface area contributed by atoms with Crippen LogP contribution in [0.1, 0.15) is 155 Å². The van der Waals surface area contributed by atoms with Crippen molar-refractivity contribution >= 4 is 17.9 Å². The predicted molar refractivity (Wildman–Crippen MR) is 241 cm³/mol. The second-order valence-electron chi connectivity index (χ2n) is 16.0. The summed E-state index contributed by atoms with van der Waals surface area (Å²) in [6, 6.07) is 0. The number of likely N-dealkylation sites (N-methyl/N-ethyl adjacent to an activating group) is 1. The number of carboxylic acid groups (broad SMARTS) is 1. The van der Waals surface area contributed by atoms with Crippen molar-refractivity contribution in [2.75, 3.05) is 47.5 Å². The standard InChI is InChI=1S/C50H83NO8/c1-6-8-10-12-13-14-15-16-17-18-19-20-21-22-23-24-25-26-27-28-29-30-31-32-33-34-35-37-39-41-48(53)59-46(44-57-47(52)40-38-36-11-9-7-2)45-58-50(49(54)55)56-43-42-51(3,4)5/h8,10,13-14,16-17,19-20,22-23,25-26,28-29,46,50H,6-7,9,11-12,15,18,21,24,27,30-45H2,1-5H3/b10-8-,14-13-,17-16-,20-19-,23-22-,26-25-,29-28-. The number of quaternary nitrogens is 1. The smallest absolute Gasteiger partial charge is 0.306 e. The highest BCUT2D eigenvalue weighted by molar-refractivity contribution is 5.70. The molecule has 59 heavy (non-hydrogen) atoms. The zero-order valence-corrected chi connectivity index (χ0v) is 37.8. The summed E-state index contributed by atoms with van der Waals surface area (Å²) in [7, 11) is 5.88. The van der Waals surface area contributed by atoms with E-state index in [4.69, 9.17) is 18.9 Å². The summed E-state index contributed by atoms with van der Waals surface area (Å²) in [4.78, 5) is 36.6. The summed E-state index contributed by atoms with van der Waals surface area (Å²) < 4.78 is 22.3. The Morgan fingerprint density at radius 2 is 0.966 bits per heavy atom. The van der Waals surface area contributed by atoms with Crippen LogP contribution in [0, 0.1) is 0 Å². The van der Waals surface area contributed by atoms with E-state index in [9.17, 15) is 19.5 Å². The lowest BCUT2D eigenvalue weighted by Gasteiger charge is -2.26. The third kappa shape index (κ3) is 42.4. The molecule has 336 valence electrons. The van der Waals surface area contributed by atoms with Gasteiger partial charge in [0.15, 0.2) is 12.4 Å². The number of esters is 2. The van der Waals surface area contributed by atoms with Crippen LogP contribution in [0.25, 0.3) is 0 Å². The van der Waals surface area contributed by atoms with Gasteiger partial charge in [0, 0.05) is 12.8 Å². The molecule has 0 fully saturated rings. The van der Waals surface area contributed by atoms with Gasteiger partial charge in [0.25, 0.3) is 0 Å². The van der Waals surface area contributed by atoms with Crippen molar-refractivity contribution in [2.45, 2.75) is 167 Å². The Morgan fingerprint density at radius 1 is 0.525 bits per heavy atom. The van der Waals surface area contributed by atoms with Gasteiger partial charge < -0.3 is 33.3 Å². The number of hydrogen-bond acceptors (Lipinski definition) is 8. The molecule has 0 N–H and O–H groups in total. The van der Waals surface area contributed by atoms with E-state index in [1.54, 1.807) is 0 Å². The van der Waals surface area contributed by atoms with Crippen molar-refractivity contribution in [3.8, 4) is 0 Å². The number of allylic oxidation sites excluding steroid dienone is 14. The highest BCUT2D eigenvalue weighted by Crippen LogP contribution is 2.12. The predicted octanol–water partition coefficient (Wildman–Crippen LogP) is 10.8. The van der Waals surface area contributed by atoms with E-state index in [1.165, 1.54) is 19.3 Å². The number of ether oxygens (including phenoxy) is 4. The van der Waals surface area contributed by atoms with Gasteiger partial charge >= 0.3 is 11.9 Å². The molecule has 0 saturated heterocycles. The van der Waals surface area contributed by atoms with Gasteiger partial charge in [-0.15, -0.1) is 0 Å². The number of carbonyl (C=O) groups is 3. The summed E-state index contributed by atoms with van der Waals surface area (Å²) >= 11 is 0. The second-order valence-corrected chi connectivity index (χ2v) is 16.0. The van der Waals surface area contributed by atoms with Crippen molar-refractivity contribution in [3.05, 3.63) is 85.1 Å². The van der Waals surface area contributed by atoms with Gasteiger partial charge in [-0.3, -0.25) is 9.59 Å². The van der Waals surface area contributed by atoms with Crippen LogP contribution >= 0.6 is 0 Å². The number of aliphatic carboxylic acids is 1. The number of nitrogens with zero attached hydrogens (tertiary/aromatic N) is 1. The molecule has 2 atom stereocenters. The molecule has 0 radical (unpaired) electrons. The van der Waals surface area contributed by atoms with Gasteiger partial charge in [0.05, 0.1) is 40.3 Å². The molecule has 2 unspecified atom stereocenters. The van der Waals surface area contributed by atoms with Crippen LogP contribution in [-0.4, -0.2) is 82.3 Å². The average molecular weight is 826 g/mol. The molecule has 0 amide bonds. The van der Waals surface area contributed by atoms with Gasteiger partial charge in [0.1, 0.15) is 13.2 Å². The van der Waals surface area contributed by atoms with Gasteiger partial charge in [-0.05, 0) is 70.6 Å². The summed E-state index contributed by atoms with van der Waals surface area (Å²) in [5.41, 5.74) is 0. The Labute approximate surface area is 359 Å². The first kappa shape index (κ1) is 55.5. The maximum Gasteiger partial charge on any atom is 0.306 e. The van der Waals surface area contributed by atoms with Crippen LogP contribution in [0.3, 0.4) is 0 Å². The molecule has 0 heterocycles. The van der Waals surface area contributed by atoms with Gasteiger partial charge in [-0.25, -0.2) is 0 Å². The van der Waals surface area contributed by atoms with Crippen molar-refractivity contribution < 1.29 is 42.9 Å². The first-order valence-corrected chi connectivity index (χ1v) is 22.7. The third-order valence-electron chi connectivity index (χ3n) is 9.16. The van der Waals surface area contributed by atoms with Crippen LogP contribution < -0.4 is 5.11 Å². The summed E-state index contributed by atoms with van der Waals surface area (Å²) in [5.74, 6) is -2.33. The summed E-state index contributed by atoms with van der Waals surface area (Å²) in [6.07, 6.45) is 49.5. The molecule has 0 bridgehead atoms. The van der Waals surface area contributed by atoms with E-state index in [2.05, 4.69) is 98.9 Å². The fraction of sp³-hybridized carbons (Fsp3) is 0.660. The molecule has 0 aromatic carbocycles. The van der Waals surface area contributed by atoms with E-state index < -0.39 is 24.3 Å². The van der Waals surface area contributed by atoms with E-state index in [1.807, 2.05) is 21.1 Å². The maximum absolute atomic E-state index is 12.7. The summed E-state index contributed by atoms with van der Waals surface area (Å²) in [5, 5.41) is 11.6. The quantitative estimate of drug-likeness (QED) is 0.0197. The van der Waals surface area contributed by atoms with Crippen LogP contribution in [0.4, 0.5) is 0 Å². The molecule has 0 rings (SSSR count). The molecular weight excluding hydrogens is 743 g/mol. The van der Waals surface area contributed by atoms with Gasteiger partial charge in [-0.2, -0.15) is 0 Å². The van der Waals surface area contributed by atoms with E-state index in [0.29, 0.717) is 17.4 Å². The number of carboxylic acids is 1. The molecule has 0 aliphatic heterocycles. The minimum atomic E-state index is -1.62. The highest BCUT2D eigenvalue weighted by atomic mass is 16.7. The fourth-order valence-corrected chi connectivity index (χ4v) is 5.63. The van der Waals surface area contributed by atoms with Gasteiger partial charge in [0.2, 0.25) is 0 Å². The highest BCUT2D eigenvalue weighted by Gasteiger charge is 2.21. The van der Waals surface area contributed by atoms with Crippen molar-refractivity contribution in [1.82, 2.24) is 0 Å². The summed E-state index contributed by atoms with van der Waals surface area (Å²) in [6.45, 7) is 4.48. The van der Waals surface area contributed by atoms with Crippen LogP contribution in [-0.2, 0) is 33.3 Å². The zero-order valence-electron chi connectivity index (χ0n) is 37.8. The van der Waals surface area contributed by atoms with E-state index in [0.717, 1.165) is 103 Å². The Hall–Kier alpha value is -3.53. The number of carbonyl (C=O) groups excluding carboxylic acids is 3. The minimum Gasteiger partial charge on any atom is -0.545 e. The largest absolute Gasteiger partial charge is 0.545 e. The Morgan fingerprint density at radius 3 is 1.44 bits per heavy atom. The number of unbranched alkanes of at least 4 members (excludes halogenated alkanes) is 11. The topological polar surface area (TPSA) is 111 Å². The first-order valence-electron chi connectivity index (χ1n) is 22.7. The normalized spacial score (nSPS) is 13.7. The Kier molecular flexibility index (Phi) is 38.7. The molecule has 0 aromatic rings. The molecule has 0 saturated carbocycles. The zero-order chi connectivity index (χ0) is 43.5. The van der Waals surface area contributed by atoms with Gasteiger partial charge in [-0.1, -0.05) is 157 Å². The molecule has 9 nitrogen and oxygen atoms in total. The molecule has 9 heteroatoms. The van der Waals surface area contributed by atoms with Crippen LogP contribution in [0.2, 0.25) is 0 Å². The van der Waals surface area contributed by atoms with E-state index in [-0.39, 0.29) is 38.6 Å². The minimum absolute atomic E-state index is 0.141. The lowest BCUT2D eigenvalue weighted by molar-refractivity contribution is -0.870. The molecule has 0 aliphatic rings. The first-order chi connectivity index (χ1) is 28.6. The molecular formula is C50H83NO8. The lowest BCUT2D eigenvalue weighted by Crippen LogP contribution is -2.44. The van der Waals surface area contributed by atoms with Crippen LogP contribution in [0.15, 0.2) is 85.1 Å². The second kappa shape index (κ2) is 41.2. The SMILES string of the molecule is CC/C=C\C/C=C\C/C=C\C/C=C\C/C=C\C/C=C\C/C=C\CCCCCCCCCC(=O)OC(COC(=O)CCCCCCC)COC(OCC[N+](C)(C)C)C(=O)[O-]. The fourth-order valence-electron chi connectivity index (χ4n) is 5.63. The third-order valence-corrected chi connectivity index (χ3v) is 9.16. The molecule has 0 aromatic heterocycles. The van der Waals surface area contributed by atoms with E-state index >= 15 is 0 Å². The van der Waals surface area contributed by atoms with Crippen molar-refractivity contribution in [1.29, 1.82) is 0 Å². The average Bonchev–Trinajstić information content (AvgIpc) is 3.19. The Bertz CT molecular complexity index is 1240. The van der Waals surface area contributed by atoms with Crippen molar-refractivity contribution in [3.63, 3.8) is 0 Å². The van der Waals surface area contributed by atoms with Crippen molar-refractivity contribution in [2.24, 2.45) is 0 Å².